The fraction of sp³-hybridized carbons (Fsp3) is 0.778. The van der Waals surface area contributed by atoms with Crippen LogP contribution in [0.1, 0.15) is 33.6 Å². The number of rotatable bonds is 8. The zero-order valence-corrected chi connectivity index (χ0v) is 21.6. The molecule has 0 atom stereocenters. The minimum absolute atomic E-state index is 0. The van der Waals surface area contributed by atoms with Crippen LogP contribution in [0.5, 0.6) is 0 Å². The molecule has 0 rings (SSSR count). The number of aliphatic hydroxyl groups is 1. The van der Waals surface area contributed by atoms with Gasteiger partial charge in [0.25, 0.3) is 0 Å². The van der Waals surface area contributed by atoms with Gasteiger partial charge in [0, 0.05) is 13.2 Å². The molecule has 166 valence electrons. The van der Waals surface area contributed by atoms with Crippen molar-refractivity contribution in [3.63, 3.8) is 0 Å². The van der Waals surface area contributed by atoms with Crippen molar-refractivity contribution in [2.24, 2.45) is 0 Å². The second-order valence-corrected chi connectivity index (χ2v) is 19.7. The van der Waals surface area contributed by atoms with Crippen LogP contribution in [0.25, 0.3) is 0 Å². The van der Waals surface area contributed by atoms with Gasteiger partial charge in [-0.1, -0.05) is 32.9 Å². The zero-order valence-electron chi connectivity index (χ0n) is 18.8. The quantitative estimate of drug-likeness (QED) is 0.256. The Balaban J connectivity index is -0.000000208. The van der Waals surface area contributed by atoms with Crippen LogP contribution in [-0.4, -0.2) is 53.3 Å². The standard InChI is InChI=1S/C12H27O2PSi.C6H13O2P.FH.H3N/c1-12(2,3)16(6,7)14-10-8-9-11-15(4,5)13;1-9(2,8)6-4-3-5-7;;/h9,11H,8,10H2,1-7H3;4,6-7H,3,5H2,1-2H3;1H;1H3/b11-9+;6-4+;;. The summed E-state index contributed by atoms with van der Waals surface area (Å²) < 4.78 is 28.3. The summed E-state index contributed by atoms with van der Waals surface area (Å²) in [5.74, 6) is 3.49. The maximum absolute atomic E-state index is 11.4. The molecule has 0 fully saturated rings. The third-order valence-corrected chi connectivity index (χ3v) is 10.2. The number of hydrogen-bond acceptors (Lipinski definition) is 5. The highest BCUT2D eigenvalue weighted by atomic mass is 31.2. The van der Waals surface area contributed by atoms with E-state index in [1.165, 1.54) is 0 Å². The van der Waals surface area contributed by atoms with Crippen molar-refractivity contribution in [1.82, 2.24) is 6.15 Å². The molecule has 0 aromatic rings. The highest BCUT2D eigenvalue weighted by molar-refractivity contribution is 7.65. The second-order valence-electron chi connectivity index (χ2n) is 8.55. The lowest BCUT2D eigenvalue weighted by molar-refractivity contribution is 0.294. The molecule has 5 nitrogen and oxygen atoms in total. The largest absolute Gasteiger partial charge is 0.417 e. The molecule has 0 spiro atoms. The predicted octanol–water partition coefficient (Wildman–Crippen LogP) is 6.35. The molecule has 0 heterocycles. The van der Waals surface area contributed by atoms with E-state index in [-0.39, 0.29) is 22.5 Å². The van der Waals surface area contributed by atoms with Gasteiger partial charge < -0.3 is 24.8 Å². The van der Waals surface area contributed by atoms with Gasteiger partial charge in [0.15, 0.2) is 8.32 Å². The van der Waals surface area contributed by atoms with Crippen molar-refractivity contribution in [3.05, 3.63) is 23.8 Å². The Labute approximate surface area is 167 Å². The van der Waals surface area contributed by atoms with Crippen LogP contribution >= 0.6 is 14.3 Å². The predicted molar refractivity (Wildman–Crippen MR) is 124 cm³/mol. The van der Waals surface area contributed by atoms with Crippen molar-refractivity contribution >= 4 is 22.6 Å². The third kappa shape index (κ3) is 23.9. The van der Waals surface area contributed by atoms with Gasteiger partial charge in [0.1, 0.15) is 14.3 Å². The van der Waals surface area contributed by atoms with Gasteiger partial charge in [0.2, 0.25) is 0 Å². The Bertz CT molecular complexity index is 520. The smallest absolute Gasteiger partial charge is 0.191 e. The number of hydrogen-bond donors (Lipinski definition) is 2. The summed E-state index contributed by atoms with van der Waals surface area (Å²) in [4.78, 5) is 0. The molecule has 9 heteroatoms. The number of aliphatic hydroxyl groups excluding tert-OH is 1. The Hall–Kier alpha value is -0.0331. The first kappa shape index (κ1) is 34.5. The van der Waals surface area contributed by atoms with E-state index in [9.17, 15) is 9.13 Å². The molecule has 0 aliphatic heterocycles. The molecule has 0 saturated carbocycles. The Morgan fingerprint density at radius 3 is 1.59 bits per heavy atom. The molecule has 4 N–H and O–H groups in total. The van der Waals surface area contributed by atoms with Crippen molar-refractivity contribution in [1.29, 1.82) is 0 Å². The van der Waals surface area contributed by atoms with Crippen LogP contribution in [0.2, 0.25) is 18.1 Å². The lowest BCUT2D eigenvalue weighted by Crippen LogP contribution is -2.40. The van der Waals surface area contributed by atoms with E-state index in [0.29, 0.717) is 6.42 Å². The minimum atomic E-state index is -2.00. The lowest BCUT2D eigenvalue weighted by atomic mass is 10.2. The van der Waals surface area contributed by atoms with Gasteiger partial charge in [0.05, 0.1) is 0 Å². The molecular weight excluding hydrogens is 403 g/mol. The molecule has 0 aliphatic carbocycles. The Morgan fingerprint density at radius 1 is 0.926 bits per heavy atom. The molecule has 0 bridgehead atoms. The van der Waals surface area contributed by atoms with Crippen LogP contribution in [0.15, 0.2) is 23.8 Å². The van der Waals surface area contributed by atoms with E-state index >= 15 is 0 Å². The summed E-state index contributed by atoms with van der Waals surface area (Å²) in [5, 5.41) is 8.59. The SMILES string of the molecule is CC(C)(C)[Si](C)(C)OCC/C=C/P(C)(C)=O.CP(C)(=O)/C=C/CCO.F.N. The normalized spacial score (nSPS) is 13.0. The fourth-order valence-corrected chi connectivity index (χ4v) is 3.70. The van der Waals surface area contributed by atoms with Crippen LogP contribution in [-0.2, 0) is 13.6 Å². The van der Waals surface area contributed by atoms with Crippen molar-refractivity contribution in [3.8, 4) is 0 Å². The van der Waals surface area contributed by atoms with Crippen LogP contribution in [0.4, 0.5) is 4.70 Å². The van der Waals surface area contributed by atoms with Crippen LogP contribution in [0.3, 0.4) is 0 Å². The first-order valence-electron chi connectivity index (χ1n) is 8.71. The molecule has 0 aromatic heterocycles. The Morgan fingerprint density at radius 2 is 1.30 bits per heavy atom. The molecule has 0 aliphatic rings. The second kappa shape index (κ2) is 14.9. The molecule has 0 aromatic carbocycles. The summed E-state index contributed by atoms with van der Waals surface area (Å²) >= 11 is 0. The topological polar surface area (TPSA) is 98.6 Å². The van der Waals surface area contributed by atoms with Crippen molar-refractivity contribution in [2.45, 2.75) is 51.7 Å². The van der Waals surface area contributed by atoms with Gasteiger partial charge in [-0.05, 0) is 69.3 Å². The first-order valence-corrected chi connectivity index (χ1v) is 17.0. The van der Waals surface area contributed by atoms with Gasteiger partial charge in [-0.15, -0.1) is 0 Å². The maximum Gasteiger partial charge on any atom is 0.191 e. The number of halogens is 1. The zero-order chi connectivity index (χ0) is 20.4. The summed E-state index contributed by atoms with van der Waals surface area (Å²) in [6.07, 6.45) is 5.19. The molecule has 0 unspecified atom stereocenters. The van der Waals surface area contributed by atoms with Crippen molar-refractivity contribution < 1.29 is 23.4 Å². The summed E-state index contributed by atoms with van der Waals surface area (Å²) in [7, 11) is -5.59. The maximum atomic E-state index is 11.4. The van der Waals surface area contributed by atoms with Crippen LogP contribution < -0.4 is 6.15 Å². The van der Waals surface area contributed by atoms with Gasteiger partial charge in [-0.25, -0.2) is 0 Å². The van der Waals surface area contributed by atoms with E-state index in [0.717, 1.165) is 13.0 Å². The van der Waals surface area contributed by atoms with E-state index in [4.69, 9.17) is 9.53 Å². The summed E-state index contributed by atoms with van der Waals surface area (Å²) in [6, 6.07) is 0. The lowest BCUT2D eigenvalue weighted by Gasteiger charge is -2.36. The molecule has 0 saturated heterocycles. The minimum Gasteiger partial charge on any atom is -0.417 e. The van der Waals surface area contributed by atoms with Gasteiger partial charge in [-0.3, -0.25) is 4.70 Å². The monoisotopic (exact) mass is 447 g/mol. The summed E-state index contributed by atoms with van der Waals surface area (Å²) in [5.41, 5.74) is 0. The highest BCUT2D eigenvalue weighted by Gasteiger charge is 2.36. The fourth-order valence-electron chi connectivity index (χ4n) is 1.33. The molecule has 0 amide bonds. The average Bonchev–Trinajstić information content (AvgIpc) is 2.35. The molecular formula is C18H44FNO4P2Si. The van der Waals surface area contributed by atoms with E-state index in [2.05, 4.69) is 33.9 Å². The first-order chi connectivity index (χ1) is 11.0. The van der Waals surface area contributed by atoms with Gasteiger partial charge >= 0.3 is 0 Å². The van der Waals surface area contributed by atoms with Crippen molar-refractivity contribution in [2.75, 3.05) is 39.9 Å². The van der Waals surface area contributed by atoms with E-state index in [1.807, 2.05) is 11.9 Å². The van der Waals surface area contributed by atoms with Gasteiger partial charge in [-0.2, -0.15) is 0 Å². The summed E-state index contributed by atoms with van der Waals surface area (Å²) in [6.45, 7) is 19.0. The van der Waals surface area contributed by atoms with E-state index < -0.39 is 22.6 Å². The van der Waals surface area contributed by atoms with E-state index in [1.54, 1.807) is 38.6 Å². The third-order valence-electron chi connectivity index (χ3n) is 3.78. The average molecular weight is 448 g/mol. The highest BCUT2D eigenvalue weighted by Crippen LogP contribution is 2.38. The molecule has 27 heavy (non-hydrogen) atoms. The Kier molecular flexibility index (Phi) is 19.0. The van der Waals surface area contributed by atoms with Crippen LogP contribution in [0, 0.1) is 0 Å². The molecule has 0 radical (unpaired) electrons.